The van der Waals surface area contributed by atoms with Crippen LogP contribution >= 0.6 is 11.6 Å². The highest BCUT2D eigenvalue weighted by Gasteiger charge is 2.22. The molecule has 116 valence electrons. The largest absolute Gasteiger partial charge is 0.493 e. The number of hydrogen-bond acceptors (Lipinski definition) is 5. The highest BCUT2D eigenvalue weighted by atomic mass is 35.5. The van der Waals surface area contributed by atoms with Crippen molar-refractivity contribution in [2.45, 2.75) is 13.0 Å². The van der Waals surface area contributed by atoms with E-state index in [9.17, 15) is 4.79 Å². The van der Waals surface area contributed by atoms with Gasteiger partial charge in [-0.2, -0.15) is 5.10 Å². The molecule has 0 saturated heterocycles. The number of anilines is 1. The number of aromatic nitrogens is 2. The van der Waals surface area contributed by atoms with E-state index < -0.39 is 0 Å². The fourth-order valence-electron chi connectivity index (χ4n) is 2.68. The second kappa shape index (κ2) is 5.88. The summed E-state index contributed by atoms with van der Waals surface area (Å²) in [5.74, 6) is 1.42. The van der Waals surface area contributed by atoms with Crippen molar-refractivity contribution in [2.24, 2.45) is 0 Å². The summed E-state index contributed by atoms with van der Waals surface area (Å²) in [5.41, 5.74) is 2.60. The normalized spacial score (nSPS) is 13.7. The minimum Gasteiger partial charge on any atom is -0.493 e. The van der Waals surface area contributed by atoms with Crippen molar-refractivity contribution in [2.75, 3.05) is 25.7 Å². The molecule has 1 N–H and O–H groups in total. The minimum absolute atomic E-state index is 0.166. The predicted octanol–water partition coefficient (Wildman–Crippen LogP) is 2.00. The van der Waals surface area contributed by atoms with Crippen LogP contribution < -0.4 is 19.9 Å². The Balaban J connectivity index is 1.97. The van der Waals surface area contributed by atoms with Crippen LogP contribution in [0.1, 0.15) is 11.1 Å². The Kier molecular flexibility index (Phi) is 3.94. The molecule has 0 radical (unpaired) electrons. The number of ether oxygens (including phenoxy) is 2. The Morgan fingerprint density at radius 2 is 1.91 bits per heavy atom. The lowest BCUT2D eigenvalue weighted by Gasteiger charge is -2.31. The minimum atomic E-state index is -0.378. The van der Waals surface area contributed by atoms with Gasteiger partial charge >= 0.3 is 0 Å². The first kappa shape index (κ1) is 14.7. The molecular weight excluding hydrogens is 306 g/mol. The van der Waals surface area contributed by atoms with Crippen LogP contribution in [0.4, 0.5) is 5.69 Å². The average Bonchev–Trinajstić information content (AvgIpc) is 2.55. The first-order valence-corrected chi connectivity index (χ1v) is 7.23. The van der Waals surface area contributed by atoms with E-state index in [1.165, 1.54) is 5.56 Å². The number of halogens is 1. The Morgan fingerprint density at radius 3 is 2.59 bits per heavy atom. The lowest BCUT2D eigenvalue weighted by Crippen LogP contribution is -2.32. The van der Waals surface area contributed by atoms with Gasteiger partial charge in [-0.05, 0) is 29.7 Å². The maximum Gasteiger partial charge on any atom is 0.285 e. The molecule has 6 nitrogen and oxygen atoms in total. The van der Waals surface area contributed by atoms with E-state index in [0.717, 1.165) is 24.3 Å². The number of methoxy groups -OCH3 is 2. The number of H-pyrrole nitrogens is 1. The van der Waals surface area contributed by atoms with E-state index in [4.69, 9.17) is 21.1 Å². The van der Waals surface area contributed by atoms with Gasteiger partial charge in [-0.25, -0.2) is 5.10 Å². The predicted molar refractivity (Wildman–Crippen MR) is 84.2 cm³/mol. The Hall–Kier alpha value is -2.21. The van der Waals surface area contributed by atoms with Crippen LogP contribution in [0.25, 0.3) is 0 Å². The number of fused-ring (bicyclic) bond motifs is 1. The van der Waals surface area contributed by atoms with Crippen molar-refractivity contribution in [3.8, 4) is 11.5 Å². The molecule has 3 rings (SSSR count). The van der Waals surface area contributed by atoms with Crippen LogP contribution in [-0.4, -0.2) is 31.0 Å². The number of nitrogens with zero attached hydrogens (tertiary/aromatic N) is 2. The number of hydrogen-bond donors (Lipinski definition) is 1. The molecule has 0 fully saturated rings. The summed E-state index contributed by atoms with van der Waals surface area (Å²) in [6.07, 6.45) is 2.41. The zero-order valence-corrected chi connectivity index (χ0v) is 13.1. The van der Waals surface area contributed by atoms with E-state index in [-0.39, 0.29) is 10.6 Å². The Morgan fingerprint density at radius 1 is 1.23 bits per heavy atom. The van der Waals surface area contributed by atoms with Gasteiger partial charge in [0, 0.05) is 13.1 Å². The van der Waals surface area contributed by atoms with Crippen molar-refractivity contribution in [1.29, 1.82) is 0 Å². The van der Waals surface area contributed by atoms with E-state index in [0.29, 0.717) is 18.0 Å². The van der Waals surface area contributed by atoms with E-state index in [1.54, 1.807) is 20.4 Å². The van der Waals surface area contributed by atoms with Crippen LogP contribution in [0.5, 0.6) is 11.5 Å². The summed E-state index contributed by atoms with van der Waals surface area (Å²) in [5, 5.41) is 6.33. The van der Waals surface area contributed by atoms with Gasteiger partial charge in [-0.15, -0.1) is 0 Å². The molecule has 22 heavy (non-hydrogen) atoms. The third kappa shape index (κ3) is 2.50. The third-order valence-corrected chi connectivity index (χ3v) is 4.20. The molecule has 2 heterocycles. The maximum atomic E-state index is 11.6. The van der Waals surface area contributed by atoms with Crippen LogP contribution in [0.2, 0.25) is 5.02 Å². The fourth-order valence-corrected chi connectivity index (χ4v) is 2.89. The summed E-state index contributed by atoms with van der Waals surface area (Å²) >= 11 is 6.09. The van der Waals surface area contributed by atoms with Crippen molar-refractivity contribution in [3.05, 3.63) is 44.8 Å². The fraction of sp³-hybridized carbons (Fsp3) is 0.333. The molecule has 0 unspecified atom stereocenters. The van der Waals surface area contributed by atoms with Gasteiger partial charge < -0.3 is 14.4 Å². The van der Waals surface area contributed by atoms with E-state index in [1.807, 2.05) is 17.0 Å². The molecule has 0 saturated carbocycles. The molecule has 0 spiro atoms. The second-order valence-electron chi connectivity index (χ2n) is 5.05. The Bertz CT molecular complexity index is 760. The van der Waals surface area contributed by atoms with E-state index in [2.05, 4.69) is 10.2 Å². The lowest BCUT2D eigenvalue weighted by molar-refractivity contribution is 0.353. The lowest BCUT2D eigenvalue weighted by atomic mass is 9.98. The van der Waals surface area contributed by atoms with Crippen molar-refractivity contribution < 1.29 is 9.47 Å². The molecule has 1 aromatic heterocycles. The monoisotopic (exact) mass is 321 g/mol. The van der Waals surface area contributed by atoms with Gasteiger partial charge in [0.2, 0.25) is 0 Å². The first-order valence-electron chi connectivity index (χ1n) is 6.86. The van der Waals surface area contributed by atoms with Gasteiger partial charge in [-0.1, -0.05) is 11.6 Å². The molecule has 1 aliphatic heterocycles. The average molecular weight is 322 g/mol. The summed E-state index contributed by atoms with van der Waals surface area (Å²) in [4.78, 5) is 13.6. The van der Waals surface area contributed by atoms with Gasteiger partial charge in [0.1, 0.15) is 5.02 Å². The van der Waals surface area contributed by atoms with Gasteiger partial charge in [0.15, 0.2) is 11.5 Å². The van der Waals surface area contributed by atoms with Crippen LogP contribution in [-0.2, 0) is 13.0 Å². The summed E-state index contributed by atoms with van der Waals surface area (Å²) in [6, 6.07) is 3.97. The standard InChI is InChI=1S/C15H16ClN3O3/c1-21-12-5-9-3-4-19(8-10(9)6-13(12)22-2)11-7-17-18-15(20)14(11)16/h5-7H,3-4,8H2,1-2H3,(H,18,20). The van der Waals surface area contributed by atoms with Gasteiger partial charge in [-0.3, -0.25) is 4.79 Å². The van der Waals surface area contributed by atoms with Crippen LogP contribution in [0.3, 0.4) is 0 Å². The summed E-state index contributed by atoms with van der Waals surface area (Å²) in [7, 11) is 3.24. The number of nitrogens with one attached hydrogen (secondary N) is 1. The van der Waals surface area contributed by atoms with Crippen molar-refractivity contribution >= 4 is 17.3 Å². The van der Waals surface area contributed by atoms with E-state index >= 15 is 0 Å². The summed E-state index contributed by atoms with van der Waals surface area (Å²) in [6.45, 7) is 1.40. The molecule has 7 heteroatoms. The second-order valence-corrected chi connectivity index (χ2v) is 5.42. The topological polar surface area (TPSA) is 67.5 Å². The summed E-state index contributed by atoms with van der Waals surface area (Å²) < 4.78 is 10.7. The molecule has 2 aromatic rings. The van der Waals surface area contributed by atoms with Gasteiger partial charge in [0.05, 0.1) is 26.1 Å². The zero-order chi connectivity index (χ0) is 15.7. The molecule has 0 bridgehead atoms. The number of rotatable bonds is 3. The Labute approximate surface area is 132 Å². The molecule has 0 aliphatic carbocycles. The zero-order valence-electron chi connectivity index (χ0n) is 12.4. The molecule has 1 aliphatic rings. The quantitative estimate of drug-likeness (QED) is 0.936. The molecule has 0 atom stereocenters. The first-order chi connectivity index (χ1) is 10.6. The highest BCUT2D eigenvalue weighted by Crippen LogP contribution is 2.35. The SMILES string of the molecule is COc1cc2c(cc1OC)CN(c1cn[nH]c(=O)c1Cl)CC2. The number of aromatic amines is 1. The van der Waals surface area contributed by atoms with Crippen molar-refractivity contribution in [1.82, 2.24) is 10.2 Å². The van der Waals surface area contributed by atoms with Crippen LogP contribution in [0.15, 0.2) is 23.1 Å². The highest BCUT2D eigenvalue weighted by molar-refractivity contribution is 6.32. The van der Waals surface area contributed by atoms with Crippen LogP contribution in [0, 0.1) is 0 Å². The van der Waals surface area contributed by atoms with Crippen molar-refractivity contribution in [3.63, 3.8) is 0 Å². The molecule has 1 aromatic carbocycles. The third-order valence-electron chi connectivity index (χ3n) is 3.84. The van der Waals surface area contributed by atoms with Gasteiger partial charge in [0.25, 0.3) is 5.56 Å². The smallest absolute Gasteiger partial charge is 0.285 e. The number of benzene rings is 1. The molecular formula is C15H16ClN3O3. The molecule has 0 amide bonds. The maximum absolute atomic E-state index is 11.6.